The second kappa shape index (κ2) is 8.11. The Balaban J connectivity index is 2.63. The van der Waals surface area contributed by atoms with Crippen LogP contribution in [0.2, 0.25) is 0 Å². The van der Waals surface area contributed by atoms with Crippen LogP contribution in [-0.2, 0) is 9.47 Å². The highest BCUT2D eigenvalue weighted by Gasteiger charge is 2.18. The molecule has 0 saturated carbocycles. The number of rotatable bonds is 7. The van der Waals surface area contributed by atoms with E-state index in [2.05, 4.69) is 67.8 Å². The lowest BCUT2D eigenvalue weighted by atomic mass is 10.3. The van der Waals surface area contributed by atoms with E-state index in [0.29, 0.717) is 17.2 Å². The Morgan fingerprint density at radius 2 is 1.78 bits per heavy atom. The largest absolute Gasteiger partial charge is 0.464 e. The number of methoxy groups -OCH3 is 1. The van der Waals surface area contributed by atoms with E-state index in [-0.39, 0.29) is 13.2 Å². The van der Waals surface area contributed by atoms with Crippen LogP contribution in [0.5, 0.6) is 11.5 Å². The summed E-state index contributed by atoms with van der Waals surface area (Å²) in [5.41, 5.74) is 6.28. The second-order valence-electron chi connectivity index (χ2n) is 3.11. The standard InChI is InChI=1S/C10H12I3NO4/c1-15-5-16-9-4-7(14)2-3-8(9)17-6-18-10(11,12)13/h2-4H,5-6,14H2,1H3. The minimum absolute atomic E-state index is 0.127. The summed E-state index contributed by atoms with van der Waals surface area (Å²) >= 11 is 6.47. The van der Waals surface area contributed by atoms with E-state index < -0.39 is 0 Å². The maximum absolute atomic E-state index is 5.69. The van der Waals surface area contributed by atoms with Crippen molar-refractivity contribution in [3.05, 3.63) is 18.2 Å². The average molecular weight is 591 g/mol. The second-order valence-corrected chi connectivity index (χ2v) is 13.9. The van der Waals surface area contributed by atoms with Crippen LogP contribution in [0.4, 0.5) is 5.69 Å². The van der Waals surface area contributed by atoms with E-state index in [1.165, 1.54) is 0 Å². The molecule has 1 rings (SSSR count). The third kappa shape index (κ3) is 6.77. The summed E-state index contributed by atoms with van der Waals surface area (Å²) in [6.07, 6.45) is 0. The molecule has 0 saturated heterocycles. The number of benzene rings is 1. The van der Waals surface area contributed by atoms with Crippen molar-refractivity contribution < 1.29 is 18.9 Å². The zero-order chi connectivity index (χ0) is 13.6. The van der Waals surface area contributed by atoms with Gasteiger partial charge < -0.3 is 24.7 Å². The number of nitrogens with two attached hydrogens (primary N) is 1. The van der Waals surface area contributed by atoms with Gasteiger partial charge in [0, 0.05) is 18.9 Å². The van der Waals surface area contributed by atoms with Gasteiger partial charge in [0.15, 0.2) is 25.1 Å². The molecule has 0 spiro atoms. The third-order valence-electron chi connectivity index (χ3n) is 1.74. The van der Waals surface area contributed by atoms with Gasteiger partial charge in [-0.15, -0.1) is 0 Å². The van der Waals surface area contributed by atoms with Gasteiger partial charge in [-0.2, -0.15) is 0 Å². The molecule has 0 bridgehead atoms. The maximum atomic E-state index is 5.69. The number of ether oxygens (including phenoxy) is 4. The van der Waals surface area contributed by atoms with Crippen molar-refractivity contribution in [2.75, 3.05) is 26.4 Å². The number of nitrogen functional groups attached to an aromatic ring is 1. The van der Waals surface area contributed by atoms with Crippen molar-refractivity contribution in [3.8, 4) is 11.5 Å². The van der Waals surface area contributed by atoms with E-state index in [0.717, 1.165) is 0 Å². The summed E-state index contributed by atoms with van der Waals surface area (Å²) in [5.74, 6) is 1.09. The topological polar surface area (TPSA) is 62.9 Å². The molecule has 0 heterocycles. The van der Waals surface area contributed by atoms with Crippen molar-refractivity contribution in [2.45, 2.75) is -0.379 Å². The zero-order valence-electron chi connectivity index (χ0n) is 9.49. The van der Waals surface area contributed by atoms with Gasteiger partial charge in [0.25, 0.3) is 0 Å². The summed E-state index contributed by atoms with van der Waals surface area (Å²) in [4.78, 5) is 0. The molecule has 0 radical (unpaired) electrons. The molecule has 102 valence electrons. The number of alkyl halides is 3. The molecule has 5 nitrogen and oxygen atoms in total. The summed E-state index contributed by atoms with van der Waals surface area (Å²) < 4.78 is 20.8. The molecule has 0 fully saturated rings. The van der Waals surface area contributed by atoms with Crippen LogP contribution in [0.25, 0.3) is 0 Å². The molecule has 0 aliphatic rings. The molecule has 2 N–H and O–H groups in total. The lowest BCUT2D eigenvalue weighted by Crippen LogP contribution is -2.12. The molecule has 18 heavy (non-hydrogen) atoms. The smallest absolute Gasteiger partial charge is 0.223 e. The van der Waals surface area contributed by atoms with Crippen LogP contribution < -0.4 is 15.2 Å². The lowest BCUT2D eigenvalue weighted by molar-refractivity contribution is 0.0235. The van der Waals surface area contributed by atoms with E-state index in [1.54, 1.807) is 25.3 Å². The van der Waals surface area contributed by atoms with Crippen molar-refractivity contribution in [3.63, 3.8) is 0 Å². The SMILES string of the molecule is COCOc1cc(N)ccc1OCOC(I)(I)I. The monoisotopic (exact) mass is 591 g/mol. The first-order valence-electron chi connectivity index (χ1n) is 4.77. The van der Waals surface area contributed by atoms with Crippen LogP contribution >= 0.6 is 67.8 Å². The summed E-state index contributed by atoms with van der Waals surface area (Å²) in [5, 5.41) is 0. The number of halogens is 3. The Morgan fingerprint density at radius 1 is 1.11 bits per heavy atom. The molecule has 1 aromatic rings. The van der Waals surface area contributed by atoms with Gasteiger partial charge >= 0.3 is 0 Å². The molecule has 0 atom stereocenters. The highest BCUT2D eigenvalue weighted by molar-refractivity contribution is 14.3. The van der Waals surface area contributed by atoms with Crippen LogP contribution in [-0.4, -0.2) is 20.3 Å². The first-order valence-corrected chi connectivity index (χ1v) is 8.01. The Morgan fingerprint density at radius 3 is 2.39 bits per heavy atom. The Labute approximate surface area is 146 Å². The Hall–Kier alpha value is 0.730. The van der Waals surface area contributed by atoms with E-state index in [9.17, 15) is 0 Å². The van der Waals surface area contributed by atoms with Gasteiger partial charge in [0.1, 0.15) is 0 Å². The molecule has 0 aromatic heterocycles. The van der Waals surface area contributed by atoms with Gasteiger partial charge in [0.2, 0.25) is -0.379 Å². The van der Waals surface area contributed by atoms with E-state index in [1.807, 2.05) is 0 Å². The molecule has 0 amide bonds. The number of hydrogen-bond donors (Lipinski definition) is 1. The maximum Gasteiger partial charge on any atom is 0.223 e. The third-order valence-corrected chi connectivity index (χ3v) is 2.67. The zero-order valence-corrected chi connectivity index (χ0v) is 16.0. The van der Waals surface area contributed by atoms with Crippen LogP contribution in [0.3, 0.4) is 0 Å². The molecular formula is C10H12I3NO4. The molecule has 0 unspecified atom stereocenters. The van der Waals surface area contributed by atoms with Crippen LogP contribution in [0.15, 0.2) is 18.2 Å². The predicted molar refractivity (Wildman–Crippen MR) is 94.7 cm³/mol. The van der Waals surface area contributed by atoms with Gasteiger partial charge in [-0.3, -0.25) is 0 Å². The first kappa shape index (κ1) is 16.8. The summed E-state index contributed by atoms with van der Waals surface area (Å²) in [6, 6.07) is 5.15. The highest BCUT2D eigenvalue weighted by atomic mass is 127. The van der Waals surface area contributed by atoms with Gasteiger partial charge in [-0.25, -0.2) is 0 Å². The molecular weight excluding hydrogens is 579 g/mol. The minimum Gasteiger partial charge on any atom is -0.464 e. The molecule has 1 aromatic carbocycles. The van der Waals surface area contributed by atoms with E-state index >= 15 is 0 Å². The van der Waals surface area contributed by atoms with Crippen molar-refractivity contribution in [1.29, 1.82) is 0 Å². The molecule has 0 aliphatic heterocycles. The highest BCUT2D eigenvalue weighted by Crippen LogP contribution is 2.37. The van der Waals surface area contributed by atoms with Crippen molar-refractivity contribution in [2.24, 2.45) is 0 Å². The minimum atomic E-state index is -0.339. The Kier molecular flexibility index (Phi) is 7.57. The van der Waals surface area contributed by atoms with Gasteiger partial charge in [-0.05, 0) is 79.9 Å². The van der Waals surface area contributed by atoms with Gasteiger partial charge in [-0.1, -0.05) is 0 Å². The molecule has 8 heteroatoms. The fourth-order valence-electron chi connectivity index (χ4n) is 1.04. The number of hydrogen-bond acceptors (Lipinski definition) is 5. The Bertz CT molecular complexity index is 384. The normalized spacial score (nSPS) is 11.3. The van der Waals surface area contributed by atoms with Gasteiger partial charge in [0.05, 0.1) is 0 Å². The lowest BCUT2D eigenvalue weighted by Gasteiger charge is -2.16. The average Bonchev–Trinajstić information content (AvgIpc) is 2.27. The predicted octanol–water partition coefficient (Wildman–Crippen LogP) is 3.52. The first-order chi connectivity index (χ1) is 8.42. The number of anilines is 1. The fraction of sp³-hybridized carbons (Fsp3) is 0.400. The van der Waals surface area contributed by atoms with Crippen LogP contribution in [0.1, 0.15) is 0 Å². The summed E-state index contributed by atoms with van der Waals surface area (Å²) in [7, 11) is 1.55. The van der Waals surface area contributed by atoms with Crippen molar-refractivity contribution in [1.82, 2.24) is 0 Å². The molecule has 0 aliphatic carbocycles. The summed E-state index contributed by atoms with van der Waals surface area (Å²) in [6.45, 7) is 0.261. The van der Waals surface area contributed by atoms with Crippen molar-refractivity contribution >= 4 is 73.5 Å². The van der Waals surface area contributed by atoms with E-state index in [4.69, 9.17) is 24.7 Å². The fourth-order valence-corrected chi connectivity index (χ4v) is 1.42. The van der Waals surface area contributed by atoms with Crippen LogP contribution in [0, 0.1) is 0 Å². The quantitative estimate of drug-likeness (QED) is 0.228.